The fourth-order valence-electron chi connectivity index (χ4n) is 4.33. The minimum Gasteiger partial charge on any atom is -0.351 e. The van der Waals surface area contributed by atoms with Gasteiger partial charge in [-0.3, -0.25) is 9.71 Å². The van der Waals surface area contributed by atoms with E-state index in [4.69, 9.17) is 23.8 Å². The number of hydrogen-bond donors (Lipinski definition) is 2. The summed E-state index contributed by atoms with van der Waals surface area (Å²) in [7, 11) is -3.37. The molecule has 2 atom stereocenters. The standard InChI is InChI=1S/C25H22ClN5O2S2/c1-35(32,33)29-18-10-12-19(13-11-18)31-24(23(28-25(31)34)21-8-2-3-14-27-21)22-9-5-15-30(22)20-7-4-6-17(26)16-20/h2-16,23-24,29H,1H3,(H,28,34)/t23-,24+/m1/s1. The highest BCUT2D eigenvalue weighted by Crippen LogP contribution is 2.42. The molecule has 178 valence electrons. The van der Waals surface area contributed by atoms with E-state index in [0.717, 1.165) is 29.0 Å². The molecule has 0 spiro atoms. The second-order valence-corrected chi connectivity index (χ2v) is 10.8. The van der Waals surface area contributed by atoms with Gasteiger partial charge in [0.2, 0.25) is 10.0 Å². The first-order chi connectivity index (χ1) is 16.8. The van der Waals surface area contributed by atoms with E-state index in [2.05, 4.69) is 25.7 Å². The summed E-state index contributed by atoms with van der Waals surface area (Å²) < 4.78 is 27.8. The van der Waals surface area contributed by atoms with E-state index in [1.165, 1.54) is 0 Å². The molecule has 0 aliphatic carbocycles. The van der Waals surface area contributed by atoms with Gasteiger partial charge in [0, 0.05) is 40.2 Å². The average molecular weight is 524 g/mol. The van der Waals surface area contributed by atoms with Crippen LogP contribution in [0.3, 0.4) is 0 Å². The summed E-state index contributed by atoms with van der Waals surface area (Å²) in [4.78, 5) is 6.64. The van der Waals surface area contributed by atoms with Crippen LogP contribution in [-0.2, 0) is 10.0 Å². The van der Waals surface area contributed by atoms with Crippen molar-refractivity contribution in [2.24, 2.45) is 0 Å². The minimum absolute atomic E-state index is 0.217. The SMILES string of the molecule is CS(=O)(=O)Nc1ccc(N2C(=S)N[C@H](c3ccccn3)[C@@H]2c2cccn2-c2cccc(Cl)c2)cc1. The van der Waals surface area contributed by atoms with Crippen molar-refractivity contribution >= 4 is 50.3 Å². The quantitative estimate of drug-likeness (QED) is 0.343. The average Bonchev–Trinajstić information content (AvgIpc) is 3.43. The number of aromatic nitrogens is 2. The smallest absolute Gasteiger partial charge is 0.229 e. The van der Waals surface area contributed by atoms with Crippen LogP contribution in [0.25, 0.3) is 5.69 Å². The number of nitrogens with one attached hydrogen (secondary N) is 2. The molecule has 10 heteroatoms. The van der Waals surface area contributed by atoms with E-state index in [-0.39, 0.29) is 12.1 Å². The second kappa shape index (κ2) is 9.33. The first-order valence-corrected chi connectivity index (χ1v) is 13.5. The normalized spacial score (nSPS) is 17.9. The summed E-state index contributed by atoms with van der Waals surface area (Å²) in [5, 5.41) is 4.64. The molecule has 0 bridgehead atoms. The van der Waals surface area contributed by atoms with Crippen molar-refractivity contribution in [3.05, 3.63) is 108 Å². The molecule has 3 heterocycles. The maximum Gasteiger partial charge on any atom is 0.229 e. The lowest BCUT2D eigenvalue weighted by Crippen LogP contribution is -2.30. The van der Waals surface area contributed by atoms with Gasteiger partial charge >= 0.3 is 0 Å². The maximum absolute atomic E-state index is 11.6. The van der Waals surface area contributed by atoms with Crippen molar-refractivity contribution in [1.29, 1.82) is 0 Å². The highest BCUT2D eigenvalue weighted by Gasteiger charge is 2.42. The summed E-state index contributed by atoms with van der Waals surface area (Å²) in [5.41, 5.74) is 4.09. The van der Waals surface area contributed by atoms with Gasteiger partial charge in [0.1, 0.15) is 6.04 Å². The Morgan fingerprint density at radius 2 is 1.80 bits per heavy atom. The highest BCUT2D eigenvalue weighted by molar-refractivity contribution is 7.92. The Hall–Kier alpha value is -3.40. The van der Waals surface area contributed by atoms with Gasteiger partial charge in [-0.1, -0.05) is 23.7 Å². The highest BCUT2D eigenvalue weighted by atomic mass is 35.5. The van der Waals surface area contributed by atoms with Crippen molar-refractivity contribution in [3.63, 3.8) is 0 Å². The lowest BCUT2D eigenvalue weighted by atomic mass is 10.0. The van der Waals surface area contributed by atoms with E-state index in [9.17, 15) is 8.42 Å². The Kier molecular flexibility index (Phi) is 6.22. The van der Waals surface area contributed by atoms with Crippen LogP contribution in [0.5, 0.6) is 0 Å². The molecule has 0 amide bonds. The summed E-state index contributed by atoms with van der Waals surface area (Å²) in [6.07, 6.45) is 4.88. The third-order valence-electron chi connectivity index (χ3n) is 5.72. The van der Waals surface area contributed by atoms with Gasteiger partial charge in [-0.25, -0.2) is 8.42 Å². The Morgan fingerprint density at radius 1 is 1.00 bits per heavy atom. The van der Waals surface area contributed by atoms with Crippen LogP contribution in [0.1, 0.15) is 23.5 Å². The van der Waals surface area contributed by atoms with Crippen LogP contribution in [-0.4, -0.2) is 29.3 Å². The zero-order valence-electron chi connectivity index (χ0n) is 18.7. The third kappa shape index (κ3) is 4.88. The van der Waals surface area contributed by atoms with Crippen molar-refractivity contribution in [3.8, 4) is 5.69 Å². The molecule has 1 aliphatic rings. The summed E-state index contributed by atoms with van der Waals surface area (Å²) in [5.74, 6) is 0. The Morgan fingerprint density at radius 3 is 2.49 bits per heavy atom. The zero-order valence-corrected chi connectivity index (χ0v) is 21.1. The zero-order chi connectivity index (χ0) is 24.6. The van der Waals surface area contributed by atoms with Crippen LogP contribution in [0.2, 0.25) is 5.02 Å². The van der Waals surface area contributed by atoms with E-state index in [1.54, 1.807) is 18.3 Å². The molecule has 1 saturated heterocycles. The molecule has 0 radical (unpaired) electrons. The molecular weight excluding hydrogens is 502 g/mol. The predicted molar refractivity (Wildman–Crippen MR) is 144 cm³/mol. The number of sulfonamides is 1. The Balaban J connectivity index is 1.61. The maximum atomic E-state index is 11.6. The van der Waals surface area contributed by atoms with E-state index in [1.807, 2.05) is 71.8 Å². The lowest BCUT2D eigenvalue weighted by molar-refractivity contribution is 0.549. The van der Waals surface area contributed by atoms with E-state index >= 15 is 0 Å². The van der Waals surface area contributed by atoms with Crippen LogP contribution >= 0.6 is 23.8 Å². The molecule has 7 nitrogen and oxygen atoms in total. The molecule has 2 aromatic heterocycles. The van der Waals surface area contributed by atoms with Crippen molar-refractivity contribution in [2.75, 3.05) is 15.9 Å². The number of benzene rings is 2. The van der Waals surface area contributed by atoms with Gasteiger partial charge < -0.3 is 14.8 Å². The fourth-order valence-corrected chi connectivity index (χ4v) is 5.43. The first-order valence-electron chi connectivity index (χ1n) is 10.8. The third-order valence-corrected chi connectivity index (χ3v) is 6.87. The minimum atomic E-state index is -3.37. The van der Waals surface area contributed by atoms with Crippen LogP contribution < -0.4 is 14.9 Å². The number of halogens is 1. The molecule has 0 unspecified atom stereocenters. The Labute approximate surface area is 214 Å². The molecule has 0 saturated carbocycles. The van der Waals surface area contributed by atoms with Gasteiger partial charge in [0.25, 0.3) is 0 Å². The molecule has 35 heavy (non-hydrogen) atoms. The molecule has 4 aromatic rings. The number of nitrogens with zero attached hydrogens (tertiary/aromatic N) is 3. The number of anilines is 2. The number of rotatable bonds is 6. The first kappa shape index (κ1) is 23.3. The van der Waals surface area contributed by atoms with E-state index < -0.39 is 10.0 Å². The van der Waals surface area contributed by atoms with Gasteiger partial charge in [-0.05, 0) is 78.9 Å². The van der Waals surface area contributed by atoms with Crippen molar-refractivity contribution in [1.82, 2.24) is 14.9 Å². The van der Waals surface area contributed by atoms with Crippen LogP contribution in [0.15, 0.2) is 91.3 Å². The van der Waals surface area contributed by atoms with Crippen molar-refractivity contribution < 1.29 is 8.42 Å². The lowest BCUT2D eigenvalue weighted by Gasteiger charge is -2.29. The monoisotopic (exact) mass is 523 g/mol. The van der Waals surface area contributed by atoms with Gasteiger partial charge in [0.15, 0.2) is 5.11 Å². The second-order valence-electron chi connectivity index (χ2n) is 8.20. The predicted octanol–water partition coefficient (Wildman–Crippen LogP) is 5.07. The Bertz CT molecular complexity index is 1470. The molecule has 1 fully saturated rings. The molecule has 1 aliphatic heterocycles. The van der Waals surface area contributed by atoms with Crippen molar-refractivity contribution in [2.45, 2.75) is 12.1 Å². The van der Waals surface area contributed by atoms with Gasteiger partial charge in [0.05, 0.1) is 18.0 Å². The van der Waals surface area contributed by atoms with Gasteiger partial charge in [-0.2, -0.15) is 0 Å². The summed E-state index contributed by atoms with van der Waals surface area (Å²) >= 11 is 12.1. The number of pyridine rings is 1. The molecule has 5 rings (SSSR count). The number of hydrogen-bond acceptors (Lipinski definition) is 4. The number of thiocarbonyl (C=S) groups is 1. The van der Waals surface area contributed by atoms with Crippen LogP contribution in [0.4, 0.5) is 11.4 Å². The van der Waals surface area contributed by atoms with Crippen LogP contribution in [0, 0.1) is 0 Å². The van der Waals surface area contributed by atoms with E-state index in [0.29, 0.717) is 15.8 Å². The largest absolute Gasteiger partial charge is 0.351 e. The topological polar surface area (TPSA) is 79.3 Å². The summed E-state index contributed by atoms with van der Waals surface area (Å²) in [6.45, 7) is 0. The van der Waals surface area contributed by atoms with Gasteiger partial charge in [-0.15, -0.1) is 0 Å². The molecular formula is C25H22ClN5O2S2. The molecule has 2 aromatic carbocycles. The fraction of sp³-hybridized carbons (Fsp3) is 0.120. The summed E-state index contributed by atoms with van der Waals surface area (Å²) in [6, 6.07) is 24.2. The molecule has 2 N–H and O–H groups in total.